The van der Waals surface area contributed by atoms with Crippen LogP contribution in [0.3, 0.4) is 0 Å². The van der Waals surface area contributed by atoms with Crippen molar-refractivity contribution in [3.63, 3.8) is 0 Å². The van der Waals surface area contributed by atoms with Crippen LogP contribution in [0.4, 0.5) is 0 Å². The molecule has 0 N–H and O–H groups in total. The topological polar surface area (TPSA) is 38.9 Å². The van der Waals surface area contributed by atoms with Gasteiger partial charge in [0.1, 0.15) is 11.2 Å². The molecule has 1 aliphatic carbocycles. The Hall–Kier alpha value is -6.23. The van der Waals surface area contributed by atoms with Crippen LogP contribution in [0.5, 0.6) is 0 Å². The first kappa shape index (κ1) is 28.6. The van der Waals surface area contributed by atoms with Crippen LogP contribution < -0.4 is 0 Å². The second-order valence-electron chi connectivity index (χ2n) is 13.3. The monoisotopic (exact) mass is 668 g/mol. The first-order valence-corrected chi connectivity index (χ1v) is 18.1. The molecule has 0 bridgehead atoms. The molecule has 11 rings (SSSR count). The maximum atomic E-state index is 6.72. The van der Waals surface area contributed by atoms with Crippen molar-refractivity contribution in [3.8, 4) is 45.0 Å². The largest absolute Gasteiger partial charge is 0.456 e. The molecular formula is C47H28N2OS. The Bertz CT molecular complexity index is 2740. The summed E-state index contributed by atoms with van der Waals surface area (Å²) in [5.74, 6) is 0.704. The zero-order valence-corrected chi connectivity index (χ0v) is 28.2. The first-order chi connectivity index (χ1) is 25.3. The third kappa shape index (κ3) is 4.14. The van der Waals surface area contributed by atoms with Crippen LogP contribution in [0.2, 0.25) is 0 Å². The Balaban J connectivity index is 1.13. The van der Waals surface area contributed by atoms with Gasteiger partial charge in [0.2, 0.25) is 0 Å². The minimum absolute atomic E-state index is 0.439. The Morgan fingerprint density at radius 3 is 1.73 bits per heavy atom. The average Bonchev–Trinajstić information content (AvgIpc) is 3.71. The molecule has 7 aromatic carbocycles. The van der Waals surface area contributed by atoms with E-state index in [4.69, 9.17) is 14.4 Å². The third-order valence-corrected chi connectivity index (χ3v) is 11.7. The quantitative estimate of drug-likeness (QED) is 0.188. The number of hydrogen-bond donors (Lipinski definition) is 0. The van der Waals surface area contributed by atoms with Crippen LogP contribution in [-0.2, 0) is 5.41 Å². The van der Waals surface area contributed by atoms with Crippen molar-refractivity contribution in [1.29, 1.82) is 0 Å². The molecule has 0 atom stereocenters. The standard InChI is InChI=1S/C47H28N2OS/c1-3-13-29(14-4-1)40-28-41(49-46(48-40)30-15-5-2-6-16-30)31-23-24-42-34(25-31)35-26-45-39(27-43(35)50-42)47(38-21-11-12-22-44(38)51-45)36-19-9-7-17-32(36)33-18-8-10-20-37(33)47/h1-28H. The molecule has 0 saturated carbocycles. The van der Waals surface area contributed by atoms with Gasteiger partial charge in [0, 0.05) is 37.3 Å². The van der Waals surface area contributed by atoms with Crippen LogP contribution in [0.25, 0.3) is 67.0 Å². The van der Waals surface area contributed by atoms with E-state index >= 15 is 0 Å². The van der Waals surface area contributed by atoms with Crippen molar-refractivity contribution in [2.45, 2.75) is 15.2 Å². The second kappa shape index (κ2) is 10.9. The van der Waals surface area contributed by atoms with Gasteiger partial charge in [0.25, 0.3) is 0 Å². The number of rotatable bonds is 3. The molecule has 51 heavy (non-hydrogen) atoms. The normalized spacial score (nSPS) is 13.6. The predicted molar refractivity (Wildman–Crippen MR) is 207 cm³/mol. The molecule has 0 amide bonds. The van der Waals surface area contributed by atoms with Crippen LogP contribution >= 0.6 is 11.8 Å². The molecule has 1 spiro atoms. The van der Waals surface area contributed by atoms with Crippen molar-refractivity contribution in [1.82, 2.24) is 9.97 Å². The van der Waals surface area contributed by atoms with Gasteiger partial charge in [0.15, 0.2) is 5.82 Å². The van der Waals surface area contributed by atoms with Gasteiger partial charge in [-0.15, -0.1) is 0 Å². The van der Waals surface area contributed by atoms with E-state index in [1.54, 1.807) is 0 Å². The molecule has 3 heterocycles. The van der Waals surface area contributed by atoms with Gasteiger partial charge in [-0.05, 0) is 75.8 Å². The highest BCUT2D eigenvalue weighted by molar-refractivity contribution is 7.99. The number of fused-ring (bicyclic) bond motifs is 12. The fourth-order valence-corrected chi connectivity index (χ4v) is 9.57. The zero-order valence-electron chi connectivity index (χ0n) is 27.4. The fraction of sp³-hybridized carbons (Fsp3) is 0.0213. The molecule has 0 radical (unpaired) electrons. The molecule has 2 aromatic heterocycles. The van der Waals surface area contributed by atoms with Crippen molar-refractivity contribution in [2.24, 2.45) is 0 Å². The van der Waals surface area contributed by atoms with Crippen LogP contribution in [-0.4, -0.2) is 9.97 Å². The van der Waals surface area contributed by atoms with Gasteiger partial charge < -0.3 is 4.42 Å². The van der Waals surface area contributed by atoms with Crippen molar-refractivity contribution < 1.29 is 4.42 Å². The number of furan rings is 1. The summed E-state index contributed by atoms with van der Waals surface area (Å²) in [4.78, 5) is 12.6. The Morgan fingerprint density at radius 2 is 1.00 bits per heavy atom. The molecular weight excluding hydrogens is 641 g/mol. The maximum Gasteiger partial charge on any atom is 0.160 e. The summed E-state index contributed by atoms with van der Waals surface area (Å²) in [7, 11) is 0. The van der Waals surface area contributed by atoms with E-state index < -0.39 is 5.41 Å². The lowest BCUT2D eigenvalue weighted by molar-refractivity contribution is 0.662. The van der Waals surface area contributed by atoms with E-state index in [1.165, 1.54) is 43.2 Å². The van der Waals surface area contributed by atoms with Crippen LogP contribution in [0.15, 0.2) is 184 Å². The van der Waals surface area contributed by atoms with Crippen molar-refractivity contribution in [3.05, 3.63) is 192 Å². The summed E-state index contributed by atoms with van der Waals surface area (Å²) >= 11 is 1.86. The van der Waals surface area contributed by atoms with Crippen molar-refractivity contribution in [2.75, 3.05) is 0 Å². The number of aromatic nitrogens is 2. The van der Waals surface area contributed by atoms with Gasteiger partial charge in [-0.25, -0.2) is 9.97 Å². The van der Waals surface area contributed by atoms with E-state index in [2.05, 4.69) is 133 Å². The highest BCUT2D eigenvalue weighted by atomic mass is 32.2. The summed E-state index contributed by atoms with van der Waals surface area (Å²) in [5.41, 5.74) is 14.0. The molecule has 3 nitrogen and oxygen atoms in total. The van der Waals surface area contributed by atoms with Crippen molar-refractivity contribution >= 4 is 33.7 Å². The average molecular weight is 669 g/mol. The molecule has 0 unspecified atom stereocenters. The molecule has 2 aliphatic rings. The minimum Gasteiger partial charge on any atom is -0.456 e. The predicted octanol–water partition coefficient (Wildman–Crippen LogP) is 12.2. The Morgan fingerprint density at radius 1 is 0.412 bits per heavy atom. The van der Waals surface area contributed by atoms with E-state index in [0.29, 0.717) is 5.82 Å². The lowest BCUT2D eigenvalue weighted by atomic mass is 9.67. The Kier molecular flexibility index (Phi) is 6.10. The lowest BCUT2D eigenvalue weighted by Crippen LogP contribution is -2.31. The SMILES string of the molecule is c1ccc(-c2cc(-c3ccc4oc5cc6c(cc5c4c3)Sc3ccccc3C63c4ccccc4-c4ccccc43)nc(-c3ccccc3)n2)cc1. The van der Waals surface area contributed by atoms with Gasteiger partial charge in [-0.2, -0.15) is 0 Å². The Labute approximate surface area is 299 Å². The summed E-state index contributed by atoms with van der Waals surface area (Å²) in [6, 6.07) is 60.5. The number of nitrogens with zero attached hydrogens (tertiary/aromatic N) is 2. The first-order valence-electron chi connectivity index (χ1n) is 17.2. The minimum atomic E-state index is -0.439. The maximum absolute atomic E-state index is 6.72. The summed E-state index contributed by atoms with van der Waals surface area (Å²) in [6.45, 7) is 0. The van der Waals surface area contributed by atoms with Gasteiger partial charge in [-0.3, -0.25) is 0 Å². The highest BCUT2D eigenvalue weighted by Gasteiger charge is 2.50. The third-order valence-electron chi connectivity index (χ3n) is 10.6. The molecule has 0 fully saturated rings. The van der Waals surface area contributed by atoms with Crippen LogP contribution in [0, 0.1) is 0 Å². The summed E-state index contributed by atoms with van der Waals surface area (Å²) < 4.78 is 6.72. The zero-order chi connectivity index (χ0) is 33.5. The smallest absolute Gasteiger partial charge is 0.160 e. The fourth-order valence-electron chi connectivity index (χ4n) is 8.35. The highest BCUT2D eigenvalue weighted by Crippen LogP contribution is 2.62. The molecule has 1 aliphatic heterocycles. The molecule has 9 aromatic rings. The second-order valence-corrected chi connectivity index (χ2v) is 14.4. The van der Waals surface area contributed by atoms with Crippen LogP contribution in [0.1, 0.15) is 22.3 Å². The number of benzene rings is 7. The van der Waals surface area contributed by atoms with E-state index in [9.17, 15) is 0 Å². The molecule has 0 saturated heterocycles. The van der Waals surface area contributed by atoms with Gasteiger partial charge in [-0.1, -0.05) is 139 Å². The lowest BCUT2D eigenvalue weighted by Gasteiger charge is -2.39. The summed E-state index contributed by atoms with van der Waals surface area (Å²) in [5, 5.41) is 2.18. The molecule has 238 valence electrons. The van der Waals surface area contributed by atoms with E-state index in [-0.39, 0.29) is 0 Å². The van der Waals surface area contributed by atoms with Gasteiger partial charge >= 0.3 is 0 Å². The number of hydrogen-bond acceptors (Lipinski definition) is 4. The van der Waals surface area contributed by atoms with E-state index in [1.807, 2.05) is 48.2 Å². The molecule has 4 heteroatoms. The summed E-state index contributed by atoms with van der Waals surface area (Å²) in [6.07, 6.45) is 0. The van der Waals surface area contributed by atoms with Gasteiger partial charge in [0.05, 0.1) is 16.8 Å². The van der Waals surface area contributed by atoms with E-state index in [0.717, 1.165) is 50.0 Å².